The zero-order valence-electron chi connectivity index (χ0n) is 14.4. The van der Waals surface area contributed by atoms with Crippen LogP contribution in [0.3, 0.4) is 0 Å². The van der Waals surface area contributed by atoms with Gasteiger partial charge in [-0.15, -0.1) is 0 Å². The van der Waals surface area contributed by atoms with Gasteiger partial charge in [0.1, 0.15) is 5.75 Å². The molecule has 1 saturated heterocycles. The lowest BCUT2D eigenvalue weighted by molar-refractivity contribution is 0.410. The first-order valence-electron chi connectivity index (χ1n) is 8.47. The summed E-state index contributed by atoms with van der Waals surface area (Å²) in [5.41, 5.74) is 1.82. The van der Waals surface area contributed by atoms with Crippen LogP contribution in [0, 0.1) is 0 Å². The Kier molecular flexibility index (Phi) is 4.28. The summed E-state index contributed by atoms with van der Waals surface area (Å²) in [5, 5.41) is 4.65. The lowest BCUT2D eigenvalue weighted by atomic mass is 10.1. The van der Waals surface area contributed by atoms with Gasteiger partial charge in [-0.1, -0.05) is 18.2 Å². The van der Waals surface area contributed by atoms with Crippen molar-refractivity contribution in [1.82, 2.24) is 19.7 Å². The van der Waals surface area contributed by atoms with Crippen molar-refractivity contribution in [3.05, 3.63) is 54.0 Å². The molecular formula is C18H20N4O3S. The maximum Gasteiger partial charge on any atom is 0.175 e. The van der Waals surface area contributed by atoms with Crippen molar-refractivity contribution in [3.63, 3.8) is 0 Å². The number of rotatable bonds is 5. The summed E-state index contributed by atoms with van der Waals surface area (Å²) >= 11 is 0. The number of para-hydroxylation sites is 1. The van der Waals surface area contributed by atoms with Gasteiger partial charge in [-0.05, 0) is 24.6 Å². The van der Waals surface area contributed by atoms with Gasteiger partial charge in [-0.3, -0.25) is 0 Å². The van der Waals surface area contributed by atoms with Crippen LogP contribution in [0.2, 0.25) is 0 Å². The lowest BCUT2D eigenvalue weighted by Gasteiger charge is -2.10. The number of sulfone groups is 1. The van der Waals surface area contributed by atoms with Crippen LogP contribution >= 0.6 is 0 Å². The van der Waals surface area contributed by atoms with Crippen LogP contribution in [0.5, 0.6) is 5.75 Å². The van der Waals surface area contributed by atoms with Crippen LogP contribution in [0.15, 0.2) is 42.6 Å². The summed E-state index contributed by atoms with van der Waals surface area (Å²) in [6, 6.07) is 11.4. The monoisotopic (exact) mass is 372 g/mol. The Morgan fingerprint density at radius 1 is 1.27 bits per heavy atom. The first kappa shape index (κ1) is 16.8. The van der Waals surface area contributed by atoms with Gasteiger partial charge in [0.05, 0.1) is 30.4 Å². The molecule has 1 fully saturated rings. The highest BCUT2D eigenvalue weighted by Gasteiger charge is 2.32. The van der Waals surface area contributed by atoms with Crippen molar-refractivity contribution in [2.24, 2.45) is 0 Å². The summed E-state index contributed by atoms with van der Waals surface area (Å²) < 4.78 is 31.0. The van der Waals surface area contributed by atoms with Gasteiger partial charge in [0.25, 0.3) is 0 Å². The molecule has 1 aliphatic rings. The first-order valence-corrected chi connectivity index (χ1v) is 10.3. The Balaban J connectivity index is 1.72. The topological polar surface area (TPSA) is 89.9 Å². The van der Waals surface area contributed by atoms with Gasteiger partial charge in [-0.25, -0.2) is 18.1 Å². The second-order valence-electron chi connectivity index (χ2n) is 6.43. The molecule has 0 unspecified atom stereocenters. The molecule has 2 aromatic heterocycles. The molecular weight excluding hydrogens is 352 g/mol. The predicted octanol–water partition coefficient (Wildman–Crippen LogP) is 2.23. The van der Waals surface area contributed by atoms with Gasteiger partial charge in [0, 0.05) is 18.2 Å². The van der Waals surface area contributed by atoms with E-state index in [4.69, 9.17) is 4.74 Å². The van der Waals surface area contributed by atoms with E-state index in [1.54, 1.807) is 11.8 Å². The zero-order chi connectivity index (χ0) is 18.1. The molecule has 3 heterocycles. The number of aromatic nitrogens is 4. The quantitative estimate of drug-likeness (QED) is 0.742. The molecule has 7 nitrogen and oxygen atoms in total. The number of benzene rings is 1. The SMILES string of the molecule is COc1ccccc1Cc1nc(-c2ccc[nH]2)n([C@H]2CCS(=O)(=O)C2)n1. The molecule has 26 heavy (non-hydrogen) atoms. The number of nitrogens with zero attached hydrogens (tertiary/aromatic N) is 3. The maximum absolute atomic E-state index is 11.9. The van der Waals surface area contributed by atoms with E-state index in [1.807, 2.05) is 42.6 Å². The van der Waals surface area contributed by atoms with E-state index in [0.717, 1.165) is 17.0 Å². The Hall–Kier alpha value is -2.61. The summed E-state index contributed by atoms with van der Waals surface area (Å²) in [7, 11) is -1.37. The van der Waals surface area contributed by atoms with E-state index in [-0.39, 0.29) is 17.5 Å². The molecule has 0 aliphatic carbocycles. The number of H-pyrrole nitrogens is 1. The molecule has 0 amide bonds. The minimum atomic E-state index is -3.01. The fraction of sp³-hybridized carbons (Fsp3) is 0.333. The van der Waals surface area contributed by atoms with E-state index in [0.29, 0.717) is 24.5 Å². The molecule has 0 spiro atoms. The highest BCUT2D eigenvalue weighted by Crippen LogP contribution is 2.29. The van der Waals surface area contributed by atoms with Crippen molar-refractivity contribution >= 4 is 9.84 Å². The number of hydrogen-bond donors (Lipinski definition) is 1. The molecule has 0 radical (unpaired) electrons. The number of hydrogen-bond acceptors (Lipinski definition) is 5. The molecule has 0 saturated carbocycles. The summed E-state index contributed by atoms with van der Waals surface area (Å²) in [6.45, 7) is 0. The minimum absolute atomic E-state index is 0.109. The fourth-order valence-electron chi connectivity index (χ4n) is 3.34. The van der Waals surface area contributed by atoms with Crippen molar-refractivity contribution < 1.29 is 13.2 Å². The van der Waals surface area contributed by atoms with Crippen LogP contribution in [-0.2, 0) is 16.3 Å². The zero-order valence-corrected chi connectivity index (χ0v) is 15.2. The number of methoxy groups -OCH3 is 1. The second-order valence-corrected chi connectivity index (χ2v) is 8.65. The molecule has 4 rings (SSSR count). The third kappa shape index (κ3) is 3.24. The number of aromatic amines is 1. The van der Waals surface area contributed by atoms with Crippen LogP contribution in [0.25, 0.3) is 11.5 Å². The molecule has 1 aromatic carbocycles. The normalized spacial score (nSPS) is 18.9. The largest absolute Gasteiger partial charge is 0.496 e. The highest BCUT2D eigenvalue weighted by molar-refractivity contribution is 7.91. The standard InChI is InChI=1S/C18H20N4O3S/c1-25-16-7-3-2-5-13(16)11-17-20-18(15-6-4-9-19-15)22(21-17)14-8-10-26(23,24)12-14/h2-7,9,14,19H,8,10-12H2,1H3/t14-/m0/s1. The first-order chi connectivity index (χ1) is 12.6. The van der Waals surface area contributed by atoms with E-state index < -0.39 is 9.84 Å². The average molecular weight is 372 g/mol. The summed E-state index contributed by atoms with van der Waals surface area (Å²) in [4.78, 5) is 7.83. The van der Waals surface area contributed by atoms with Crippen LogP contribution < -0.4 is 4.74 Å². The molecule has 0 bridgehead atoms. The minimum Gasteiger partial charge on any atom is -0.496 e. The van der Waals surface area contributed by atoms with Crippen molar-refractivity contribution in [1.29, 1.82) is 0 Å². The number of ether oxygens (including phenoxy) is 1. The van der Waals surface area contributed by atoms with Gasteiger partial charge < -0.3 is 9.72 Å². The third-order valence-electron chi connectivity index (χ3n) is 4.61. The van der Waals surface area contributed by atoms with Crippen molar-refractivity contribution in [2.75, 3.05) is 18.6 Å². The van der Waals surface area contributed by atoms with Gasteiger partial charge in [0.2, 0.25) is 0 Å². The Morgan fingerprint density at radius 2 is 2.12 bits per heavy atom. The number of nitrogens with one attached hydrogen (secondary N) is 1. The molecule has 136 valence electrons. The fourth-order valence-corrected chi connectivity index (χ4v) is 5.03. The van der Waals surface area contributed by atoms with E-state index in [1.165, 1.54) is 0 Å². The summed E-state index contributed by atoms with van der Waals surface area (Å²) in [6.07, 6.45) is 2.90. The van der Waals surface area contributed by atoms with Gasteiger partial charge in [0.15, 0.2) is 21.5 Å². The molecule has 8 heteroatoms. The van der Waals surface area contributed by atoms with E-state index >= 15 is 0 Å². The smallest absolute Gasteiger partial charge is 0.175 e. The lowest BCUT2D eigenvalue weighted by Crippen LogP contribution is -2.14. The Labute approximate surface area is 152 Å². The molecule has 1 aliphatic heterocycles. The van der Waals surface area contributed by atoms with Crippen LogP contribution in [0.1, 0.15) is 23.9 Å². The van der Waals surface area contributed by atoms with Crippen LogP contribution in [0.4, 0.5) is 0 Å². The molecule has 3 aromatic rings. The third-order valence-corrected chi connectivity index (χ3v) is 6.36. The predicted molar refractivity (Wildman–Crippen MR) is 97.9 cm³/mol. The maximum atomic E-state index is 11.9. The van der Waals surface area contributed by atoms with Crippen molar-refractivity contribution in [2.45, 2.75) is 18.9 Å². The Bertz CT molecular complexity index is 1010. The van der Waals surface area contributed by atoms with Gasteiger partial charge >= 0.3 is 0 Å². The van der Waals surface area contributed by atoms with Gasteiger partial charge in [-0.2, -0.15) is 5.10 Å². The van der Waals surface area contributed by atoms with Crippen LogP contribution in [-0.4, -0.2) is 46.8 Å². The Morgan fingerprint density at radius 3 is 2.81 bits per heavy atom. The highest BCUT2D eigenvalue weighted by atomic mass is 32.2. The van der Waals surface area contributed by atoms with E-state index in [9.17, 15) is 8.42 Å². The molecule has 1 N–H and O–H groups in total. The molecule has 1 atom stereocenters. The second kappa shape index (κ2) is 6.60. The average Bonchev–Trinajstić information content (AvgIpc) is 3.34. The van der Waals surface area contributed by atoms with Crippen molar-refractivity contribution in [3.8, 4) is 17.3 Å². The van der Waals surface area contributed by atoms with E-state index in [2.05, 4.69) is 15.1 Å². The summed E-state index contributed by atoms with van der Waals surface area (Å²) in [5.74, 6) is 2.40.